The molecule has 2 aromatic heterocycles. The molecule has 0 amide bonds. The Labute approximate surface area is 112 Å². The molecule has 0 aliphatic rings. The second kappa shape index (κ2) is 5.59. The highest BCUT2D eigenvalue weighted by Crippen LogP contribution is 2.16. The van der Waals surface area contributed by atoms with E-state index in [0.717, 1.165) is 23.8 Å². The lowest BCUT2D eigenvalue weighted by Crippen LogP contribution is -2.21. The van der Waals surface area contributed by atoms with E-state index >= 15 is 0 Å². The van der Waals surface area contributed by atoms with Crippen molar-refractivity contribution in [1.82, 2.24) is 15.1 Å². The number of hydrogen-bond acceptors (Lipinski definition) is 3. The Morgan fingerprint density at radius 1 is 1.39 bits per heavy atom. The molecular formula is C13H18ClN3O. The van der Waals surface area contributed by atoms with Gasteiger partial charge in [0.25, 0.3) is 0 Å². The zero-order valence-electron chi connectivity index (χ0n) is 10.9. The summed E-state index contributed by atoms with van der Waals surface area (Å²) in [6.45, 7) is 7.52. The topological polar surface area (TPSA) is 43.0 Å². The SMILES string of the molecule is Cc1c(Cl)cnn1Cc1ccc(CNC(C)C)o1. The molecule has 0 aromatic carbocycles. The van der Waals surface area contributed by atoms with Crippen LogP contribution in [-0.2, 0) is 13.1 Å². The fourth-order valence-electron chi connectivity index (χ4n) is 1.64. The van der Waals surface area contributed by atoms with Crippen molar-refractivity contribution in [3.63, 3.8) is 0 Å². The fraction of sp³-hybridized carbons (Fsp3) is 0.462. The number of halogens is 1. The third kappa shape index (κ3) is 3.15. The van der Waals surface area contributed by atoms with Crippen LogP contribution in [0.5, 0.6) is 0 Å². The molecule has 2 rings (SSSR count). The highest BCUT2D eigenvalue weighted by Gasteiger charge is 2.08. The van der Waals surface area contributed by atoms with Gasteiger partial charge >= 0.3 is 0 Å². The van der Waals surface area contributed by atoms with Gasteiger partial charge in [-0.3, -0.25) is 4.68 Å². The number of hydrogen-bond donors (Lipinski definition) is 1. The first-order valence-corrected chi connectivity index (χ1v) is 6.43. The molecule has 0 fully saturated rings. The van der Waals surface area contributed by atoms with E-state index in [9.17, 15) is 0 Å². The summed E-state index contributed by atoms with van der Waals surface area (Å²) in [5.41, 5.74) is 0.954. The van der Waals surface area contributed by atoms with Crippen molar-refractivity contribution in [3.05, 3.63) is 40.6 Å². The lowest BCUT2D eigenvalue weighted by atomic mass is 10.3. The van der Waals surface area contributed by atoms with E-state index in [-0.39, 0.29) is 0 Å². The summed E-state index contributed by atoms with van der Waals surface area (Å²) in [4.78, 5) is 0. The van der Waals surface area contributed by atoms with Gasteiger partial charge in [0.1, 0.15) is 11.5 Å². The molecule has 0 bridgehead atoms. The summed E-state index contributed by atoms with van der Waals surface area (Å²) in [5, 5.41) is 8.20. The van der Waals surface area contributed by atoms with Crippen LogP contribution >= 0.6 is 11.6 Å². The minimum Gasteiger partial charge on any atom is -0.463 e. The Morgan fingerprint density at radius 3 is 2.72 bits per heavy atom. The second-order valence-corrected chi connectivity index (χ2v) is 5.05. The van der Waals surface area contributed by atoms with Gasteiger partial charge in [0.2, 0.25) is 0 Å². The van der Waals surface area contributed by atoms with Gasteiger partial charge in [0, 0.05) is 6.04 Å². The van der Waals surface area contributed by atoms with Crippen LogP contribution in [0.3, 0.4) is 0 Å². The third-order valence-corrected chi connectivity index (χ3v) is 3.12. The number of nitrogens with one attached hydrogen (secondary N) is 1. The van der Waals surface area contributed by atoms with Gasteiger partial charge in [-0.05, 0) is 19.1 Å². The molecule has 0 aliphatic carbocycles. The Hall–Kier alpha value is -1.26. The molecule has 0 spiro atoms. The van der Waals surface area contributed by atoms with Crippen LogP contribution in [0.1, 0.15) is 31.1 Å². The summed E-state index contributed by atoms with van der Waals surface area (Å²) in [5.74, 6) is 1.83. The van der Waals surface area contributed by atoms with Crippen molar-refractivity contribution < 1.29 is 4.42 Å². The maximum atomic E-state index is 5.96. The normalized spacial score (nSPS) is 11.4. The standard InChI is InChI=1S/C13H18ClN3O/c1-9(2)15-6-11-4-5-12(18-11)8-17-10(3)13(14)7-16-17/h4-5,7,9,15H,6,8H2,1-3H3. The second-order valence-electron chi connectivity index (χ2n) is 4.64. The number of rotatable bonds is 5. The predicted octanol–water partition coefficient (Wildman–Crippen LogP) is 2.98. The minimum atomic E-state index is 0.450. The molecule has 4 nitrogen and oxygen atoms in total. The average molecular weight is 268 g/mol. The molecule has 2 aromatic rings. The first-order valence-electron chi connectivity index (χ1n) is 6.05. The smallest absolute Gasteiger partial charge is 0.125 e. The molecule has 1 N–H and O–H groups in total. The van der Waals surface area contributed by atoms with E-state index in [0.29, 0.717) is 17.6 Å². The van der Waals surface area contributed by atoms with Crippen molar-refractivity contribution in [2.24, 2.45) is 0 Å². The summed E-state index contributed by atoms with van der Waals surface area (Å²) < 4.78 is 7.57. The molecule has 0 radical (unpaired) electrons. The zero-order chi connectivity index (χ0) is 13.1. The molecule has 18 heavy (non-hydrogen) atoms. The summed E-state index contributed by atoms with van der Waals surface area (Å²) >= 11 is 5.96. The first kappa shape index (κ1) is 13.2. The maximum Gasteiger partial charge on any atom is 0.125 e. The fourth-order valence-corrected chi connectivity index (χ4v) is 1.78. The monoisotopic (exact) mass is 267 g/mol. The van der Waals surface area contributed by atoms with Crippen LogP contribution in [0.15, 0.2) is 22.7 Å². The molecule has 98 valence electrons. The van der Waals surface area contributed by atoms with E-state index in [1.54, 1.807) is 6.20 Å². The lowest BCUT2D eigenvalue weighted by molar-refractivity contribution is 0.420. The van der Waals surface area contributed by atoms with E-state index in [4.69, 9.17) is 16.0 Å². The van der Waals surface area contributed by atoms with Gasteiger partial charge in [-0.15, -0.1) is 0 Å². The Kier molecular flexibility index (Phi) is 4.09. The van der Waals surface area contributed by atoms with E-state index in [1.807, 2.05) is 23.7 Å². The predicted molar refractivity (Wildman–Crippen MR) is 71.8 cm³/mol. The third-order valence-electron chi connectivity index (χ3n) is 2.75. The van der Waals surface area contributed by atoms with Crippen molar-refractivity contribution in [2.45, 2.75) is 39.9 Å². The summed E-state index contributed by atoms with van der Waals surface area (Å²) in [6, 6.07) is 4.42. The van der Waals surface area contributed by atoms with Crippen molar-refractivity contribution >= 4 is 11.6 Å². The molecule has 2 heterocycles. The van der Waals surface area contributed by atoms with Gasteiger partial charge < -0.3 is 9.73 Å². The van der Waals surface area contributed by atoms with Gasteiger partial charge in [-0.25, -0.2) is 0 Å². The van der Waals surface area contributed by atoms with Crippen LogP contribution in [0, 0.1) is 6.92 Å². The van der Waals surface area contributed by atoms with Gasteiger partial charge in [-0.1, -0.05) is 25.4 Å². The highest BCUT2D eigenvalue weighted by molar-refractivity contribution is 6.31. The zero-order valence-corrected chi connectivity index (χ0v) is 11.7. The summed E-state index contributed by atoms with van der Waals surface area (Å²) in [6.07, 6.45) is 1.65. The lowest BCUT2D eigenvalue weighted by Gasteiger charge is -2.05. The van der Waals surface area contributed by atoms with Gasteiger partial charge in [0.15, 0.2) is 0 Å². The largest absolute Gasteiger partial charge is 0.463 e. The van der Waals surface area contributed by atoms with Gasteiger partial charge in [0.05, 0.1) is 30.0 Å². The minimum absolute atomic E-state index is 0.450. The highest BCUT2D eigenvalue weighted by atomic mass is 35.5. The maximum absolute atomic E-state index is 5.96. The number of aromatic nitrogens is 2. The van der Waals surface area contributed by atoms with E-state index in [1.165, 1.54) is 0 Å². The average Bonchev–Trinajstić information content (AvgIpc) is 2.89. The van der Waals surface area contributed by atoms with E-state index in [2.05, 4.69) is 24.3 Å². The van der Waals surface area contributed by atoms with Crippen LogP contribution < -0.4 is 5.32 Å². The molecule has 5 heteroatoms. The molecule has 0 saturated carbocycles. The Morgan fingerprint density at radius 2 is 2.11 bits per heavy atom. The first-order chi connectivity index (χ1) is 8.56. The molecule has 0 unspecified atom stereocenters. The molecule has 0 atom stereocenters. The van der Waals surface area contributed by atoms with Crippen LogP contribution in [0.4, 0.5) is 0 Å². The van der Waals surface area contributed by atoms with Crippen LogP contribution in [0.25, 0.3) is 0 Å². The van der Waals surface area contributed by atoms with Crippen LogP contribution in [-0.4, -0.2) is 15.8 Å². The van der Waals surface area contributed by atoms with Crippen molar-refractivity contribution in [2.75, 3.05) is 0 Å². The van der Waals surface area contributed by atoms with Crippen molar-refractivity contribution in [3.8, 4) is 0 Å². The Balaban J connectivity index is 2.00. The van der Waals surface area contributed by atoms with Crippen LogP contribution in [0.2, 0.25) is 5.02 Å². The Bertz CT molecular complexity index is 516. The van der Waals surface area contributed by atoms with Gasteiger partial charge in [-0.2, -0.15) is 5.10 Å². The van der Waals surface area contributed by atoms with Crippen molar-refractivity contribution in [1.29, 1.82) is 0 Å². The van der Waals surface area contributed by atoms with E-state index < -0.39 is 0 Å². The molecule has 0 aliphatic heterocycles. The molecular weight excluding hydrogens is 250 g/mol. The number of furan rings is 1. The number of nitrogens with zero attached hydrogens (tertiary/aromatic N) is 2. The molecule has 0 saturated heterocycles. The summed E-state index contributed by atoms with van der Waals surface area (Å²) in [7, 11) is 0. The quantitative estimate of drug-likeness (QED) is 0.906.